The van der Waals surface area contributed by atoms with E-state index in [9.17, 15) is 0 Å². The molecule has 0 amide bonds. The van der Waals surface area contributed by atoms with Crippen LogP contribution in [0.2, 0.25) is 5.02 Å². The van der Waals surface area contributed by atoms with Crippen LogP contribution in [0.4, 0.5) is 0 Å². The highest BCUT2D eigenvalue weighted by Gasteiger charge is 2.10. The average molecular weight is 269 g/mol. The normalized spacial score (nSPS) is 14.8. The quantitative estimate of drug-likeness (QED) is 0.761. The van der Waals surface area contributed by atoms with Gasteiger partial charge >= 0.3 is 0 Å². The molecule has 2 unspecified atom stereocenters. The molecule has 102 valence electrons. The zero-order valence-electron chi connectivity index (χ0n) is 11.7. The molecule has 2 atom stereocenters. The summed E-state index contributed by atoms with van der Waals surface area (Å²) >= 11 is 5.90. The average Bonchev–Trinajstić information content (AvgIpc) is 2.34. The monoisotopic (exact) mass is 268 g/mol. The smallest absolute Gasteiger partial charge is 0.0406 e. The molecule has 0 fully saturated rings. The van der Waals surface area contributed by atoms with Crippen LogP contribution in [-0.2, 0) is 0 Å². The van der Waals surface area contributed by atoms with E-state index in [-0.39, 0.29) is 0 Å². The van der Waals surface area contributed by atoms with Gasteiger partial charge < -0.3 is 5.73 Å². The minimum absolute atomic E-state index is 0.323. The van der Waals surface area contributed by atoms with Crippen molar-refractivity contribution in [2.45, 2.75) is 45.2 Å². The number of nitrogens with two attached hydrogens (primary N) is 1. The summed E-state index contributed by atoms with van der Waals surface area (Å²) in [6, 6.07) is 8.87. The lowest BCUT2D eigenvalue weighted by molar-refractivity contribution is 0.255. The van der Waals surface area contributed by atoms with Crippen LogP contribution in [0.3, 0.4) is 0 Å². The first-order chi connectivity index (χ1) is 8.50. The minimum atomic E-state index is 0.323. The van der Waals surface area contributed by atoms with E-state index in [1.165, 1.54) is 18.4 Å². The Morgan fingerprint density at radius 2 is 1.78 bits per heavy atom. The van der Waals surface area contributed by atoms with Crippen LogP contribution in [0.1, 0.15) is 44.7 Å². The summed E-state index contributed by atoms with van der Waals surface area (Å²) in [6.07, 6.45) is 3.52. The lowest BCUT2D eigenvalue weighted by Crippen LogP contribution is -2.24. The number of nitrogens with zero attached hydrogens (tertiary/aromatic N) is 1. The summed E-state index contributed by atoms with van der Waals surface area (Å²) in [6.45, 7) is 5.41. The second-order valence-corrected chi connectivity index (χ2v) is 5.62. The minimum Gasteiger partial charge on any atom is -0.328 e. The fraction of sp³-hybridized carbons (Fsp3) is 0.600. The predicted octanol–water partition coefficient (Wildman–Crippen LogP) is 3.85. The van der Waals surface area contributed by atoms with Crippen LogP contribution < -0.4 is 5.73 Å². The number of halogens is 1. The van der Waals surface area contributed by atoms with Gasteiger partial charge in [-0.2, -0.15) is 0 Å². The molecule has 0 heterocycles. The molecule has 0 saturated heterocycles. The van der Waals surface area contributed by atoms with Crippen molar-refractivity contribution in [3.8, 4) is 0 Å². The Bertz CT molecular complexity index is 335. The van der Waals surface area contributed by atoms with Gasteiger partial charge in [0.15, 0.2) is 0 Å². The SMILES string of the molecule is CC(N)CCCCN(C)C(C)c1ccc(Cl)cc1. The number of unbranched alkanes of at least 4 members (excludes halogenated alkanes) is 1. The zero-order chi connectivity index (χ0) is 13.5. The Labute approximate surface area is 116 Å². The summed E-state index contributed by atoms with van der Waals surface area (Å²) in [4.78, 5) is 2.38. The summed E-state index contributed by atoms with van der Waals surface area (Å²) in [5, 5.41) is 0.797. The third-order valence-corrected chi connectivity index (χ3v) is 3.69. The van der Waals surface area contributed by atoms with Crippen molar-refractivity contribution in [3.05, 3.63) is 34.9 Å². The van der Waals surface area contributed by atoms with Gasteiger partial charge in [0.2, 0.25) is 0 Å². The van der Waals surface area contributed by atoms with E-state index >= 15 is 0 Å². The second-order valence-electron chi connectivity index (χ2n) is 5.18. The Balaban J connectivity index is 2.36. The van der Waals surface area contributed by atoms with Crippen LogP contribution in [0.25, 0.3) is 0 Å². The fourth-order valence-electron chi connectivity index (χ4n) is 2.02. The van der Waals surface area contributed by atoms with Crippen molar-refractivity contribution in [1.29, 1.82) is 0 Å². The van der Waals surface area contributed by atoms with E-state index in [0.717, 1.165) is 18.0 Å². The van der Waals surface area contributed by atoms with E-state index in [1.54, 1.807) is 0 Å². The van der Waals surface area contributed by atoms with E-state index < -0.39 is 0 Å². The zero-order valence-corrected chi connectivity index (χ0v) is 12.5. The van der Waals surface area contributed by atoms with Gasteiger partial charge in [0.1, 0.15) is 0 Å². The molecule has 1 rings (SSSR count). The van der Waals surface area contributed by atoms with Crippen LogP contribution in [0, 0.1) is 0 Å². The molecule has 0 aliphatic rings. The molecule has 0 radical (unpaired) electrons. The van der Waals surface area contributed by atoms with E-state index in [0.29, 0.717) is 12.1 Å². The summed E-state index contributed by atoms with van der Waals surface area (Å²) in [5.41, 5.74) is 7.06. The van der Waals surface area contributed by atoms with Crippen molar-refractivity contribution < 1.29 is 0 Å². The van der Waals surface area contributed by atoms with Crippen molar-refractivity contribution in [2.24, 2.45) is 5.73 Å². The van der Waals surface area contributed by atoms with Crippen molar-refractivity contribution in [3.63, 3.8) is 0 Å². The van der Waals surface area contributed by atoms with Gasteiger partial charge in [-0.3, -0.25) is 4.90 Å². The maximum atomic E-state index is 5.90. The maximum Gasteiger partial charge on any atom is 0.0406 e. The van der Waals surface area contributed by atoms with Crippen LogP contribution in [0.15, 0.2) is 24.3 Å². The lowest BCUT2D eigenvalue weighted by Gasteiger charge is -2.25. The van der Waals surface area contributed by atoms with Gasteiger partial charge in [0.05, 0.1) is 0 Å². The van der Waals surface area contributed by atoms with Crippen molar-refractivity contribution >= 4 is 11.6 Å². The largest absolute Gasteiger partial charge is 0.328 e. The summed E-state index contributed by atoms with van der Waals surface area (Å²) in [7, 11) is 2.17. The topological polar surface area (TPSA) is 29.3 Å². The van der Waals surface area contributed by atoms with E-state index in [4.69, 9.17) is 17.3 Å². The molecule has 0 aromatic heterocycles. The van der Waals surface area contributed by atoms with Crippen molar-refractivity contribution in [2.75, 3.05) is 13.6 Å². The Hall–Kier alpha value is -0.570. The van der Waals surface area contributed by atoms with E-state index in [1.807, 2.05) is 12.1 Å². The molecule has 1 aromatic carbocycles. The Morgan fingerprint density at radius 3 is 2.33 bits per heavy atom. The first-order valence-electron chi connectivity index (χ1n) is 6.72. The molecule has 1 aromatic rings. The summed E-state index contributed by atoms with van der Waals surface area (Å²) in [5.74, 6) is 0. The molecular formula is C15H25ClN2. The van der Waals surface area contributed by atoms with Crippen LogP contribution in [-0.4, -0.2) is 24.5 Å². The van der Waals surface area contributed by atoms with Gasteiger partial charge in [0, 0.05) is 17.1 Å². The molecule has 3 heteroatoms. The van der Waals surface area contributed by atoms with Crippen molar-refractivity contribution in [1.82, 2.24) is 4.90 Å². The first kappa shape index (κ1) is 15.5. The highest BCUT2D eigenvalue weighted by Crippen LogP contribution is 2.21. The number of hydrogen-bond donors (Lipinski definition) is 1. The molecule has 0 aliphatic carbocycles. The van der Waals surface area contributed by atoms with Gasteiger partial charge in [-0.1, -0.05) is 30.2 Å². The van der Waals surface area contributed by atoms with Crippen LogP contribution >= 0.6 is 11.6 Å². The van der Waals surface area contributed by atoms with Gasteiger partial charge in [-0.05, 0) is 58.0 Å². The van der Waals surface area contributed by atoms with Gasteiger partial charge in [0.25, 0.3) is 0 Å². The maximum absolute atomic E-state index is 5.90. The second kappa shape index (κ2) is 7.78. The summed E-state index contributed by atoms with van der Waals surface area (Å²) < 4.78 is 0. The standard InChI is InChI=1S/C15H25ClN2/c1-12(17)6-4-5-11-18(3)13(2)14-7-9-15(16)10-8-14/h7-10,12-13H,4-6,11,17H2,1-3H3. The number of rotatable bonds is 7. The molecule has 0 saturated carbocycles. The Morgan fingerprint density at radius 1 is 1.17 bits per heavy atom. The molecule has 2 N–H and O–H groups in total. The first-order valence-corrected chi connectivity index (χ1v) is 7.09. The van der Waals surface area contributed by atoms with Gasteiger partial charge in [-0.15, -0.1) is 0 Å². The predicted molar refractivity (Wildman–Crippen MR) is 80.0 cm³/mol. The highest BCUT2D eigenvalue weighted by atomic mass is 35.5. The Kier molecular flexibility index (Phi) is 6.69. The molecule has 18 heavy (non-hydrogen) atoms. The molecular weight excluding hydrogens is 244 g/mol. The molecule has 0 spiro atoms. The highest BCUT2D eigenvalue weighted by molar-refractivity contribution is 6.30. The third kappa shape index (κ3) is 5.38. The van der Waals surface area contributed by atoms with Crippen LogP contribution in [0.5, 0.6) is 0 Å². The molecule has 2 nitrogen and oxygen atoms in total. The third-order valence-electron chi connectivity index (χ3n) is 3.43. The lowest BCUT2D eigenvalue weighted by atomic mass is 10.1. The fourth-order valence-corrected chi connectivity index (χ4v) is 2.14. The molecule has 0 bridgehead atoms. The van der Waals surface area contributed by atoms with Gasteiger partial charge in [-0.25, -0.2) is 0 Å². The van der Waals surface area contributed by atoms with E-state index in [2.05, 4.69) is 37.9 Å². The molecule has 0 aliphatic heterocycles. The number of hydrogen-bond acceptors (Lipinski definition) is 2. The number of benzene rings is 1.